The van der Waals surface area contributed by atoms with Crippen LogP contribution >= 0.6 is 0 Å². The summed E-state index contributed by atoms with van der Waals surface area (Å²) in [4.78, 5) is 0. The second-order valence-electron chi connectivity index (χ2n) is 6.49. The molecular formula is C21H28O2Se. The van der Waals surface area contributed by atoms with Crippen LogP contribution in [0.5, 0.6) is 5.75 Å². The fourth-order valence-electron chi connectivity index (χ4n) is 2.82. The summed E-state index contributed by atoms with van der Waals surface area (Å²) in [6.07, 6.45) is 3.55. The summed E-state index contributed by atoms with van der Waals surface area (Å²) in [5.41, 5.74) is 2.13. The van der Waals surface area contributed by atoms with Crippen LogP contribution in [0, 0.1) is 0 Å². The van der Waals surface area contributed by atoms with Gasteiger partial charge in [-0.3, -0.25) is 0 Å². The molecule has 0 saturated carbocycles. The molecule has 3 heteroatoms. The zero-order valence-electron chi connectivity index (χ0n) is 14.9. The van der Waals surface area contributed by atoms with E-state index in [2.05, 4.69) is 55.5 Å². The summed E-state index contributed by atoms with van der Waals surface area (Å²) in [6.45, 7) is 4.07. The molecule has 0 saturated heterocycles. The number of aryl methyl sites for hydroxylation is 1. The molecule has 0 fully saturated rings. The molecule has 0 aromatic heterocycles. The van der Waals surface area contributed by atoms with Gasteiger partial charge in [0, 0.05) is 0 Å². The van der Waals surface area contributed by atoms with Gasteiger partial charge in [-0.15, -0.1) is 0 Å². The van der Waals surface area contributed by atoms with Crippen molar-refractivity contribution in [3.63, 3.8) is 0 Å². The fourth-order valence-corrected chi connectivity index (χ4v) is 4.97. The van der Waals surface area contributed by atoms with E-state index in [4.69, 9.17) is 4.74 Å². The first-order valence-corrected chi connectivity index (χ1v) is 10.7. The molecule has 1 N–H and O–H groups in total. The van der Waals surface area contributed by atoms with Gasteiger partial charge in [-0.05, 0) is 0 Å². The zero-order valence-corrected chi connectivity index (χ0v) is 16.6. The number of benzene rings is 2. The molecule has 1 unspecified atom stereocenters. The molecule has 0 aliphatic carbocycles. The van der Waals surface area contributed by atoms with E-state index in [1.807, 2.05) is 6.92 Å². The standard InChI is InChI=1S/C21H28O2Se/c1-4-13-21(2,22)14-12-18-15-19(23-3)10-11-20(18)24-16-17-8-6-5-7-9-17/h5-11,15,22H,4,12-14,16H2,1-3H3. The average Bonchev–Trinajstić information content (AvgIpc) is 2.59. The van der Waals surface area contributed by atoms with Gasteiger partial charge in [0.05, 0.1) is 0 Å². The minimum atomic E-state index is -0.582. The Labute approximate surface area is 152 Å². The van der Waals surface area contributed by atoms with Crippen LogP contribution in [0.15, 0.2) is 48.5 Å². The summed E-state index contributed by atoms with van der Waals surface area (Å²) in [5, 5.41) is 11.6. The molecule has 0 spiro atoms. The van der Waals surface area contributed by atoms with Crippen molar-refractivity contribution in [2.24, 2.45) is 0 Å². The predicted octanol–water partition coefficient (Wildman–Crippen LogP) is 3.71. The van der Waals surface area contributed by atoms with Crippen molar-refractivity contribution < 1.29 is 9.84 Å². The van der Waals surface area contributed by atoms with Crippen molar-refractivity contribution in [3.05, 3.63) is 59.7 Å². The van der Waals surface area contributed by atoms with Crippen LogP contribution in [-0.2, 0) is 11.7 Å². The van der Waals surface area contributed by atoms with Gasteiger partial charge in [0.1, 0.15) is 0 Å². The second kappa shape index (κ2) is 9.27. The fraction of sp³-hybridized carbons (Fsp3) is 0.429. The Morgan fingerprint density at radius 2 is 1.83 bits per heavy atom. The van der Waals surface area contributed by atoms with Crippen molar-refractivity contribution in [1.82, 2.24) is 0 Å². The van der Waals surface area contributed by atoms with Crippen LogP contribution in [-0.4, -0.2) is 32.8 Å². The van der Waals surface area contributed by atoms with E-state index in [1.54, 1.807) is 7.11 Å². The van der Waals surface area contributed by atoms with Gasteiger partial charge in [-0.1, -0.05) is 0 Å². The number of methoxy groups -OCH3 is 1. The Balaban J connectivity index is 2.09. The van der Waals surface area contributed by atoms with Crippen LogP contribution in [0.4, 0.5) is 0 Å². The normalized spacial score (nSPS) is 13.5. The molecule has 0 amide bonds. The van der Waals surface area contributed by atoms with Crippen molar-refractivity contribution >= 4 is 19.4 Å². The maximum absolute atomic E-state index is 10.5. The number of rotatable bonds is 9. The maximum atomic E-state index is 10.5. The SMILES string of the molecule is CCCC(C)(O)CCc1cc(OC)ccc1[Se]Cc1ccccc1. The third-order valence-electron chi connectivity index (χ3n) is 4.23. The molecule has 0 radical (unpaired) electrons. The Hall–Kier alpha value is -1.28. The van der Waals surface area contributed by atoms with Crippen LogP contribution in [0.2, 0.25) is 0 Å². The van der Waals surface area contributed by atoms with Crippen molar-refractivity contribution in [2.75, 3.05) is 7.11 Å². The average molecular weight is 391 g/mol. The van der Waals surface area contributed by atoms with Gasteiger partial charge in [-0.2, -0.15) is 0 Å². The van der Waals surface area contributed by atoms with Gasteiger partial charge in [0.2, 0.25) is 0 Å². The molecule has 24 heavy (non-hydrogen) atoms. The monoisotopic (exact) mass is 392 g/mol. The molecule has 2 aromatic rings. The summed E-state index contributed by atoms with van der Waals surface area (Å²) in [7, 11) is 1.71. The van der Waals surface area contributed by atoms with Crippen LogP contribution < -0.4 is 9.20 Å². The van der Waals surface area contributed by atoms with Gasteiger partial charge in [0.25, 0.3) is 0 Å². The van der Waals surface area contributed by atoms with Crippen LogP contribution in [0.25, 0.3) is 0 Å². The Kier molecular flexibility index (Phi) is 7.36. The molecule has 0 aliphatic rings. The van der Waals surface area contributed by atoms with E-state index in [0.717, 1.165) is 36.8 Å². The van der Waals surface area contributed by atoms with Crippen molar-refractivity contribution in [1.29, 1.82) is 0 Å². The molecule has 2 aromatic carbocycles. The van der Waals surface area contributed by atoms with Crippen molar-refractivity contribution in [3.8, 4) is 5.75 Å². The minimum absolute atomic E-state index is 0.388. The quantitative estimate of drug-likeness (QED) is 0.661. The molecule has 130 valence electrons. The molecule has 1 atom stereocenters. The number of aliphatic hydroxyl groups is 1. The third-order valence-corrected chi connectivity index (χ3v) is 6.72. The summed E-state index contributed by atoms with van der Waals surface area (Å²) in [5.74, 6) is 0.902. The first-order valence-electron chi connectivity index (χ1n) is 8.60. The molecule has 0 heterocycles. The number of hydrogen-bond donors (Lipinski definition) is 1. The van der Waals surface area contributed by atoms with E-state index >= 15 is 0 Å². The third kappa shape index (κ3) is 5.98. The van der Waals surface area contributed by atoms with Gasteiger partial charge in [0.15, 0.2) is 0 Å². The van der Waals surface area contributed by atoms with E-state index in [9.17, 15) is 5.11 Å². The van der Waals surface area contributed by atoms with Crippen LogP contribution in [0.1, 0.15) is 44.2 Å². The molecule has 0 aliphatic heterocycles. The first-order chi connectivity index (χ1) is 11.5. The molecule has 2 rings (SSSR count). The summed E-state index contributed by atoms with van der Waals surface area (Å²) < 4.78 is 6.81. The number of hydrogen-bond acceptors (Lipinski definition) is 2. The van der Waals surface area contributed by atoms with Gasteiger partial charge in [-0.25, -0.2) is 0 Å². The second-order valence-corrected chi connectivity index (χ2v) is 8.63. The summed E-state index contributed by atoms with van der Waals surface area (Å²) in [6, 6.07) is 17.0. The first kappa shape index (κ1) is 19.0. The molecule has 0 bridgehead atoms. The molecular weight excluding hydrogens is 363 g/mol. The van der Waals surface area contributed by atoms with Crippen molar-refractivity contribution in [2.45, 2.75) is 50.5 Å². The van der Waals surface area contributed by atoms with E-state index in [-0.39, 0.29) is 0 Å². The Morgan fingerprint density at radius 1 is 1.08 bits per heavy atom. The van der Waals surface area contributed by atoms with E-state index in [1.165, 1.54) is 15.6 Å². The molecule has 2 nitrogen and oxygen atoms in total. The zero-order chi connectivity index (χ0) is 17.4. The Bertz CT molecular complexity index is 623. The Morgan fingerprint density at radius 3 is 2.50 bits per heavy atom. The van der Waals surface area contributed by atoms with E-state index < -0.39 is 5.60 Å². The van der Waals surface area contributed by atoms with E-state index in [0.29, 0.717) is 15.0 Å². The topological polar surface area (TPSA) is 29.5 Å². The van der Waals surface area contributed by atoms with Gasteiger partial charge < -0.3 is 0 Å². The summed E-state index contributed by atoms with van der Waals surface area (Å²) >= 11 is 0.388. The number of ether oxygens (including phenoxy) is 1. The van der Waals surface area contributed by atoms with Gasteiger partial charge >= 0.3 is 152 Å². The van der Waals surface area contributed by atoms with Crippen LogP contribution in [0.3, 0.4) is 0 Å². The predicted molar refractivity (Wildman–Crippen MR) is 102 cm³/mol.